The van der Waals surface area contributed by atoms with E-state index in [-0.39, 0.29) is 14.2 Å². The van der Waals surface area contributed by atoms with Crippen molar-refractivity contribution in [2.75, 3.05) is 0 Å². The molecule has 0 radical (unpaired) electrons. The highest BCUT2D eigenvalue weighted by molar-refractivity contribution is 7.88. The van der Waals surface area contributed by atoms with Gasteiger partial charge in [0.1, 0.15) is 5.82 Å². The summed E-state index contributed by atoms with van der Waals surface area (Å²) in [5, 5.41) is 0. The lowest BCUT2D eigenvalue weighted by Crippen LogP contribution is -2.42. The van der Waals surface area contributed by atoms with Gasteiger partial charge >= 0.3 is 0 Å². The van der Waals surface area contributed by atoms with Crippen LogP contribution in [0.5, 0.6) is 0 Å². The van der Waals surface area contributed by atoms with Crippen LogP contribution in [0.15, 0.2) is 72.8 Å². The molecule has 148 valence electrons. The number of nitrogens with one attached hydrogen (secondary N) is 2. The number of aryl methyl sites for hydroxylation is 1. The van der Waals surface area contributed by atoms with Gasteiger partial charge in [-0.05, 0) is 41.3 Å². The Morgan fingerprint density at radius 2 is 1.57 bits per heavy atom. The highest BCUT2D eigenvalue weighted by Crippen LogP contribution is 2.24. The van der Waals surface area contributed by atoms with E-state index in [1.807, 2.05) is 35.2 Å². The van der Waals surface area contributed by atoms with E-state index in [4.69, 9.17) is 0 Å². The van der Waals surface area contributed by atoms with Crippen molar-refractivity contribution in [3.63, 3.8) is 0 Å². The quantitative estimate of drug-likeness (QED) is 0.611. The molecule has 28 heavy (non-hydrogen) atoms. The fraction of sp³-hybridized carbons (Fsp3) is 0.0952. The van der Waals surface area contributed by atoms with Crippen LogP contribution in [0.2, 0.25) is 0 Å². The molecule has 0 fully saturated rings. The number of carbonyl (C=O) groups excluding carboxylic acids is 1. The summed E-state index contributed by atoms with van der Waals surface area (Å²) in [6.45, 7) is 1.55. The molecule has 3 aromatic carbocycles. The average molecular weight is 402 g/mol. The molecule has 2 N–H and O–H groups in total. The van der Waals surface area contributed by atoms with E-state index in [0.29, 0.717) is 16.7 Å². The topological polar surface area (TPSA) is 75.3 Å². The summed E-state index contributed by atoms with van der Waals surface area (Å²) in [4.78, 5) is 14.4. The normalized spacial score (nSPS) is 11.2. The van der Waals surface area contributed by atoms with Gasteiger partial charge < -0.3 is 0 Å². The van der Waals surface area contributed by atoms with Crippen LogP contribution in [0.25, 0.3) is 11.1 Å². The molecule has 0 unspecified atom stereocenters. The van der Waals surface area contributed by atoms with Crippen molar-refractivity contribution in [2.45, 2.75) is 12.7 Å². The second-order valence-electron chi connectivity index (χ2n) is 6.32. The Balaban J connectivity index is 0.00000225. The highest BCUT2D eigenvalue weighted by atomic mass is 32.2. The van der Waals surface area contributed by atoms with E-state index in [1.165, 1.54) is 6.07 Å². The first-order valence-corrected chi connectivity index (χ1v) is 10.2. The van der Waals surface area contributed by atoms with E-state index in [1.54, 1.807) is 43.3 Å². The average Bonchev–Trinajstić information content (AvgIpc) is 2.69. The SMILES string of the molecule is Cc1cc(-c2ccccc2)cc(C(=O)NNS(=O)(=O)Cc2ccccc2)c1F.[HH].[HH]. The molecule has 0 saturated carbocycles. The fourth-order valence-corrected chi connectivity index (χ4v) is 3.70. The van der Waals surface area contributed by atoms with Crippen LogP contribution in [0.4, 0.5) is 4.39 Å². The van der Waals surface area contributed by atoms with Gasteiger partial charge in [0, 0.05) is 2.85 Å². The van der Waals surface area contributed by atoms with E-state index < -0.39 is 21.7 Å². The standard InChI is InChI=1S/C21H19FN2O3S.2H2/c1-15-12-18(17-10-6-3-7-11-17)13-19(20(15)22)21(25)23-24-28(26,27)14-16-8-4-2-5-9-16;;/h2-13,24H,14H2,1H3,(H,23,25);2*1H. The number of sulfonamides is 1. The minimum absolute atomic E-state index is 0. The maximum absolute atomic E-state index is 14.5. The summed E-state index contributed by atoms with van der Waals surface area (Å²) in [5.74, 6) is -1.87. The zero-order valence-corrected chi connectivity index (χ0v) is 16.0. The highest BCUT2D eigenvalue weighted by Gasteiger charge is 2.18. The molecule has 0 saturated heterocycles. The minimum Gasteiger partial charge on any atom is -0.274 e. The van der Waals surface area contributed by atoms with Gasteiger partial charge in [-0.15, -0.1) is 4.83 Å². The van der Waals surface area contributed by atoms with Gasteiger partial charge in [-0.3, -0.25) is 10.2 Å². The molecule has 3 rings (SSSR count). The first-order valence-electron chi connectivity index (χ1n) is 8.55. The molecule has 0 aliphatic rings. The summed E-state index contributed by atoms with van der Waals surface area (Å²) in [5.41, 5.74) is 4.20. The third-order valence-electron chi connectivity index (χ3n) is 4.13. The predicted molar refractivity (Wildman–Crippen MR) is 110 cm³/mol. The smallest absolute Gasteiger partial charge is 0.269 e. The Morgan fingerprint density at radius 1 is 0.964 bits per heavy atom. The Hall–Kier alpha value is -3.03. The summed E-state index contributed by atoms with van der Waals surface area (Å²) in [7, 11) is -3.83. The summed E-state index contributed by atoms with van der Waals surface area (Å²) in [6, 6.07) is 20.8. The zero-order valence-electron chi connectivity index (χ0n) is 15.1. The predicted octanol–water partition coefficient (Wildman–Crippen LogP) is 4.06. The van der Waals surface area contributed by atoms with Crippen LogP contribution in [0, 0.1) is 12.7 Å². The second kappa shape index (κ2) is 8.33. The molecule has 0 aromatic heterocycles. The third-order valence-corrected chi connectivity index (χ3v) is 5.25. The largest absolute Gasteiger partial charge is 0.274 e. The molecule has 3 aromatic rings. The molecule has 0 aliphatic carbocycles. The number of hydrogen-bond donors (Lipinski definition) is 2. The van der Waals surface area contributed by atoms with Crippen LogP contribution in [-0.4, -0.2) is 14.3 Å². The Kier molecular flexibility index (Phi) is 5.87. The van der Waals surface area contributed by atoms with E-state index in [0.717, 1.165) is 5.56 Å². The van der Waals surface area contributed by atoms with Crippen molar-refractivity contribution in [3.8, 4) is 11.1 Å². The summed E-state index contributed by atoms with van der Waals surface area (Å²) >= 11 is 0. The van der Waals surface area contributed by atoms with Crippen LogP contribution >= 0.6 is 0 Å². The Labute approximate surface area is 166 Å². The van der Waals surface area contributed by atoms with Crippen molar-refractivity contribution in [2.24, 2.45) is 0 Å². The molecule has 5 nitrogen and oxygen atoms in total. The zero-order chi connectivity index (χ0) is 20.1. The van der Waals surface area contributed by atoms with Gasteiger partial charge in [-0.2, -0.15) is 0 Å². The summed E-state index contributed by atoms with van der Waals surface area (Å²) < 4.78 is 38.8. The maximum Gasteiger partial charge on any atom is 0.269 e. The maximum atomic E-state index is 14.5. The van der Waals surface area contributed by atoms with Crippen LogP contribution < -0.4 is 10.3 Å². The van der Waals surface area contributed by atoms with Crippen LogP contribution in [0.1, 0.15) is 24.3 Å². The number of rotatable bonds is 6. The van der Waals surface area contributed by atoms with Gasteiger partial charge in [0.15, 0.2) is 0 Å². The third kappa shape index (κ3) is 4.82. The van der Waals surface area contributed by atoms with E-state index >= 15 is 0 Å². The van der Waals surface area contributed by atoms with Gasteiger partial charge in [-0.25, -0.2) is 12.8 Å². The molecule has 0 bridgehead atoms. The first-order chi connectivity index (χ1) is 13.4. The molecule has 0 atom stereocenters. The number of benzene rings is 3. The number of hydrogen-bond acceptors (Lipinski definition) is 3. The number of amides is 1. The lowest BCUT2D eigenvalue weighted by molar-refractivity contribution is 0.0941. The van der Waals surface area contributed by atoms with Gasteiger partial charge in [0.05, 0.1) is 11.3 Å². The van der Waals surface area contributed by atoms with Crippen molar-refractivity contribution in [3.05, 3.63) is 95.3 Å². The van der Waals surface area contributed by atoms with Crippen molar-refractivity contribution >= 4 is 15.9 Å². The number of carbonyl (C=O) groups is 1. The number of hydrazine groups is 1. The summed E-state index contributed by atoms with van der Waals surface area (Å²) in [6.07, 6.45) is 0. The first kappa shape index (κ1) is 19.7. The van der Waals surface area contributed by atoms with Gasteiger partial charge in [0.25, 0.3) is 5.91 Å². The van der Waals surface area contributed by atoms with Crippen molar-refractivity contribution in [1.82, 2.24) is 10.3 Å². The van der Waals surface area contributed by atoms with E-state index in [2.05, 4.69) is 5.43 Å². The monoisotopic (exact) mass is 402 g/mol. The molecular weight excluding hydrogens is 379 g/mol. The Morgan fingerprint density at radius 3 is 2.21 bits per heavy atom. The second-order valence-corrected chi connectivity index (χ2v) is 8.04. The van der Waals surface area contributed by atoms with Crippen molar-refractivity contribution in [1.29, 1.82) is 0 Å². The van der Waals surface area contributed by atoms with E-state index in [9.17, 15) is 17.6 Å². The van der Waals surface area contributed by atoms with Crippen LogP contribution in [0.3, 0.4) is 0 Å². The van der Waals surface area contributed by atoms with Crippen LogP contribution in [-0.2, 0) is 15.8 Å². The lowest BCUT2D eigenvalue weighted by Gasteiger charge is -2.12. The molecule has 0 aliphatic heterocycles. The molecule has 0 heterocycles. The lowest BCUT2D eigenvalue weighted by atomic mass is 9.99. The molecule has 7 heteroatoms. The van der Waals surface area contributed by atoms with Gasteiger partial charge in [-0.1, -0.05) is 60.7 Å². The fourth-order valence-electron chi connectivity index (χ4n) is 2.75. The minimum atomic E-state index is -3.83. The molecule has 1 amide bonds. The van der Waals surface area contributed by atoms with Crippen molar-refractivity contribution < 1.29 is 20.5 Å². The molecular formula is C21H23FN2O3S. The Bertz CT molecular complexity index is 1100. The molecule has 0 spiro atoms. The number of halogens is 1. The van der Waals surface area contributed by atoms with Gasteiger partial charge in [0.2, 0.25) is 10.0 Å².